The second-order valence-electron chi connectivity index (χ2n) is 6.24. The molecule has 1 heterocycles. The van der Waals surface area contributed by atoms with E-state index in [4.69, 9.17) is 32.7 Å². The van der Waals surface area contributed by atoms with Crippen molar-refractivity contribution in [2.75, 3.05) is 39.9 Å². The minimum Gasteiger partial charge on any atom is -0.493 e. The molecule has 1 fully saturated rings. The third-order valence-corrected chi connectivity index (χ3v) is 5.06. The fourth-order valence-electron chi connectivity index (χ4n) is 2.96. The summed E-state index contributed by atoms with van der Waals surface area (Å²) < 4.78 is 10.8. The molecule has 0 aromatic heterocycles. The summed E-state index contributed by atoms with van der Waals surface area (Å²) in [6.07, 6.45) is 0. The van der Waals surface area contributed by atoms with Crippen LogP contribution in [0, 0.1) is 0 Å². The maximum atomic E-state index is 12.7. The Balaban J connectivity index is 1.54. The van der Waals surface area contributed by atoms with Crippen LogP contribution in [0.4, 0.5) is 0 Å². The van der Waals surface area contributed by atoms with Crippen molar-refractivity contribution in [3.05, 3.63) is 58.1 Å². The van der Waals surface area contributed by atoms with Crippen LogP contribution in [0.15, 0.2) is 42.5 Å². The van der Waals surface area contributed by atoms with Crippen molar-refractivity contribution in [3.63, 3.8) is 0 Å². The summed E-state index contributed by atoms with van der Waals surface area (Å²) in [5.41, 5.74) is 0.369. The molecule has 0 aliphatic carbocycles. The van der Waals surface area contributed by atoms with Gasteiger partial charge in [-0.05, 0) is 30.3 Å². The molecule has 0 saturated carbocycles. The van der Waals surface area contributed by atoms with Crippen LogP contribution in [0.25, 0.3) is 0 Å². The molecule has 28 heavy (non-hydrogen) atoms. The molecule has 0 atom stereocenters. The van der Waals surface area contributed by atoms with Gasteiger partial charge in [-0.15, -0.1) is 0 Å². The topological polar surface area (TPSA) is 59.1 Å². The van der Waals surface area contributed by atoms with Crippen LogP contribution in [0.5, 0.6) is 11.5 Å². The van der Waals surface area contributed by atoms with Crippen molar-refractivity contribution in [2.45, 2.75) is 0 Å². The highest BCUT2D eigenvalue weighted by atomic mass is 35.5. The SMILES string of the molecule is COc1ccccc1OCC(=O)N1CCN(C(=O)c2cc(Cl)ccc2Cl)CC1. The molecule has 8 heteroatoms. The van der Waals surface area contributed by atoms with Gasteiger partial charge in [0.1, 0.15) is 0 Å². The highest BCUT2D eigenvalue weighted by molar-refractivity contribution is 6.35. The molecule has 0 N–H and O–H groups in total. The number of rotatable bonds is 5. The first-order chi connectivity index (χ1) is 13.5. The first-order valence-electron chi connectivity index (χ1n) is 8.77. The zero-order chi connectivity index (χ0) is 20.1. The number of hydrogen-bond donors (Lipinski definition) is 0. The number of benzene rings is 2. The fourth-order valence-corrected chi connectivity index (χ4v) is 3.33. The maximum absolute atomic E-state index is 12.7. The van der Waals surface area contributed by atoms with Crippen LogP contribution in [0.2, 0.25) is 10.0 Å². The third kappa shape index (κ3) is 4.69. The van der Waals surface area contributed by atoms with E-state index in [1.165, 1.54) is 0 Å². The van der Waals surface area contributed by atoms with E-state index in [0.29, 0.717) is 53.3 Å². The second kappa shape index (κ2) is 9.17. The smallest absolute Gasteiger partial charge is 0.260 e. The Hall–Kier alpha value is -2.44. The summed E-state index contributed by atoms with van der Waals surface area (Å²) in [6.45, 7) is 1.61. The number of amides is 2. The molecule has 2 aromatic carbocycles. The van der Waals surface area contributed by atoms with Crippen molar-refractivity contribution in [1.82, 2.24) is 9.80 Å². The molecule has 1 saturated heterocycles. The zero-order valence-corrected chi connectivity index (χ0v) is 16.9. The minimum atomic E-state index is -0.190. The minimum absolute atomic E-state index is 0.0888. The van der Waals surface area contributed by atoms with Gasteiger partial charge in [0.2, 0.25) is 0 Å². The predicted octanol–water partition coefficient (Wildman–Crippen LogP) is 3.37. The van der Waals surface area contributed by atoms with Crippen molar-refractivity contribution in [3.8, 4) is 11.5 Å². The normalized spacial score (nSPS) is 14.0. The molecular weight excluding hydrogens is 403 g/mol. The lowest BCUT2D eigenvalue weighted by atomic mass is 10.1. The molecule has 3 rings (SSSR count). The third-order valence-electron chi connectivity index (χ3n) is 4.50. The molecule has 0 unspecified atom stereocenters. The summed E-state index contributed by atoms with van der Waals surface area (Å²) in [4.78, 5) is 28.5. The number of carbonyl (C=O) groups excluding carboxylic acids is 2. The molecule has 6 nitrogen and oxygen atoms in total. The van der Waals surface area contributed by atoms with Gasteiger partial charge in [-0.3, -0.25) is 9.59 Å². The second-order valence-corrected chi connectivity index (χ2v) is 7.08. The highest BCUT2D eigenvalue weighted by Crippen LogP contribution is 2.26. The van der Waals surface area contributed by atoms with Gasteiger partial charge >= 0.3 is 0 Å². The monoisotopic (exact) mass is 422 g/mol. The van der Waals surface area contributed by atoms with E-state index < -0.39 is 0 Å². The molecule has 148 valence electrons. The lowest BCUT2D eigenvalue weighted by Gasteiger charge is -2.35. The fraction of sp³-hybridized carbons (Fsp3) is 0.300. The Morgan fingerprint density at radius 2 is 1.61 bits per heavy atom. The Bertz CT molecular complexity index is 867. The van der Waals surface area contributed by atoms with Gasteiger partial charge in [0, 0.05) is 31.2 Å². The van der Waals surface area contributed by atoms with E-state index in [2.05, 4.69) is 0 Å². The summed E-state index contributed by atoms with van der Waals surface area (Å²) >= 11 is 12.1. The van der Waals surface area contributed by atoms with Gasteiger partial charge in [-0.1, -0.05) is 35.3 Å². The summed E-state index contributed by atoms with van der Waals surface area (Å²) in [7, 11) is 1.55. The van der Waals surface area contributed by atoms with E-state index in [1.807, 2.05) is 12.1 Å². The van der Waals surface area contributed by atoms with Gasteiger partial charge in [0.25, 0.3) is 11.8 Å². The molecular formula is C20H20Cl2N2O4. The van der Waals surface area contributed by atoms with Crippen molar-refractivity contribution < 1.29 is 19.1 Å². The van der Waals surface area contributed by atoms with E-state index in [0.717, 1.165) is 0 Å². The van der Waals surface area contributed by atoms with Gasteiger partial charge in [0.05, 0.1) is 17.7 Å². The van der Waals surface area contributed by atoms with Gasteiger partial charge in [-0.2, -0.15) is 0 Å². The number of piperazine rings is 1. The van der Waals surface area contributed by atoms with Crippen LogP contribution >= 0.6 is 23.2 Å². The molecule has 2 aromatic rings. The summed E-state index contributed by atoms with van der Waals surface area (Å²) in [5, 5.41) is 0.813. The number of ether oxygens (including phenoxy) is 2. The van der Waals surface area contributed by atoms with Crippen LogP contribution in [-0.4, -0.2) is 61.5 Å². The number of methoxy groups -OCH3 is 1. The summed E-state index contributed by atoms with van der Waals surface area (Å²) in [6, 6.07) is 12.0. The molecule has 0 radical (unpaired) electrons. The van der Waals surface area contributed by atoms with Crippen molar-refractivity contribution in [2.24, 2.45) is 0 Å². The Morgan fingerprint density at radius 3 is 2.29 bits per heavy atom. The number of para-hydroxylation sites is 2. The predicted molar refractivity (Wildman–Crippen MR) is 107 cm³/mol. The van der Waals surface area contributed by atoms with Crippen molar-refractivity contribution >= 4 is 35.0 Å². The van der Waals surface area contributed by atoms with Crippen LogP contribution < -0.4 is 9.47 Å². The summed E-state index contributed by atoms with van der Waals surface area (Å²) in [5.74, 6) is 0.760. The van der Waals surface area contributed by atoms with Crippen LogP contribution in [0.3, 0.4) is 0 Å². The molecule has 0 bridgehead atoms. The van der Waals surface area contributed by atoms with Gasteiger partial charge in [-0.25, -0.2) is 0 Å². The van der Waals surface area contributed by atoms with Crippen LogP contribution in [-0.2, 0) is 4.79 Å². The van der Waals surface area contributed by atoms with E-state index in [1.54, 1.807) is 47.2 Å². The van der Waals surface area contributed by atoms with Crippen LogP contribution in [0.1, 0.15) is 10.4 Å². The Kier molecular flexibility index (Phi) is 6.65. The largest absolute Gasteiger partial charge is 0.493 e. The average Bonchev–Trinajstić information content (AvgIpc) is 2.73. The highest BCUT2D eigenvalue weighted by Gasteiger charge is 2.26. The molecule has 2 amide bonds. The van der Waals surface area contributed by atoms with E-state index >= 15 is 0 Å². The Morgan fingerprint density at radius 1 is 0.964 bits per heavy atom. The molecule has 1 aliphatic rings. The van der Waals surface area contributed by atoms with Gasteiger partial charge in [0.15, 0.2) is 18.1 Å². The number of nitrogens with zero attached hydrogens (tertiary/aromatic N) is 2. The first kappa shape index (κ1) is 20.3. The zero-order valence-electron chi connectivity index (χ0n) is 15.4. The van der Waals surface area contributed by atoms with E-state index in [-0.39, 0.29) is 18.4 Å². The number of carbonyl (C=O) groups is 2. The lowest BCUT2D eigenvalue weighted by Crippen LogP contribution is -2.51. The first-order valence-corrected chi connectivity index (χ1v) is 9.53. The van der Waals surface area contributed by atoms with Crippen molar-refractivity contribution in [1.29, 1.82) is 0 Å². The number of hydrogen-bond acceptors (Lipinski definition) is 4. The van der Waals surface area contributed by atoms with Gasteiger partial charge < -0.3 is 19.3 Å². The average molecular weight is 423 g/mol. The van der Waals surface area contributed by atoms with E-state index in [9.17, 15) is 9.59 Å². The lowest BCUT2D eigenvalue weighted by molar-refractivity contribution is -0.134. The number of halogens is 2. The molecule has 1 aliphatic heterocycles. The maximum Gasteiger partial charge on any atom is 0.260 e. The standard InChI is InChI=1S/C20H20Cl2N2O4/c1-27-17-4-2-3-5-18(17)28-13-19(25)23-8-10-24(11-9-23)20(26)15-12-14(21)6-7-16(15)22/h2-7,12H,8-11,13H2,1H3. The quantitative estimate of drug-likeness (QED) is 0.740. The molecule has 0 spiro atoms. The Labute approximate surface area is 173 Å².